The third kappa shape index (κ3) is 8.82. The molecule has 0 aromatic heterocycles. The van der Waals surface area contributed by atoms with E-state index in [0.29, 0.717) is 42.5 Å². The number of benzene rings is 2. The first-order valence-corrected chi connectivity index (χ1v) is 13.1. The first kappa shape index (κ1) is 26.9. The van der Waals surface area contributed by atoms with Gasteiger partial charge in [0.15, 0.2) is 0 Å². The van der Waals surface area contributed by atoms with Gasteiger partial charge in [-0.2, -0.15) is 0 Å². The second-order valence-electron chi connectivity index (χ2n) is 8.66. The van der Waals surface area contributed by atoms with Gasteiger partial charge in [0.25, 0.3) is 5.91 Å². The van der Waals surface area contributed by atoms with Crippen molar-refractivity contribution in [1.29, 1.82) is 0 Å². The number of amides is 1. The lowest BCUT2D eigenvalue weighted by molar-refractivity contribution is 0.0766. The van der Waals surface area contributed by atoms with Gasteiger partial charge in [-0.15, -0.1) is 0 Å². The molecule has 182 valence electrons. The Labute approximate surface area is 201 Å². The van der Waals surface area contributed by atoms with Crippen LogP contribution in [0.1, 0.15) is 44.5 Å². The lowest BCUT2D eigenvalue weighted by Gasteiger charge is -2.24. The molecule has 3 rings (SSSR count). The second-order valence-corrected chi connectivity index (χ2v) is 10.2. The fourth-order valence-electron chi connectivity index (χ4n) is 3.48. The number of hydrogen-bond acceptors (Lipinski definition) is 5. The molecule has 7 heteroatoms. The van der Waals surface area contributed by atoms with Crippen LogP contribution in [0.3, 0.4) is 0 Å². The number of nitrogens with zero attached hydrogens (tertiary/aromatic N) is 2. The normalized spacial score (nSPS) is 14.8. The highest BCUT2D eigenvalue weighted by Crippen LogP contribution is 2.21. The zero-order valence-electron chi connectivity index (χ0n) is 20.5. The van der Waals surface area contributed by atoms with Gasteiger partial charge in [0.05, 0.1) is 17.4 Å². The first-order valence-electron chi connectivity index (χ1n) is 11.8. The van der Waals surface area contributed by atoms with Gasteiger partial charge in [0, 0.05) is 54.6 Å². The maximum atomic E-state index is 13.0. The highest BCUT2D eigenvalue weighted by molar-refractivity contribution is 7.85. The molecule has 0 saturated carbocycles. The predicted octanol–water partition coefficient (Wildman–Crippen LogP) is 4.17. The van der Waals surface area contributed by atoms with Crippen molar-refractivity contribution in [2.75, 3.05) is 50.0 Å². The molecule has 6 nitrogen and oxygen atoms in total. The number of ether oxygens (including phenoxy) is 1. The lowest BCUT2D eigenvalue weighted by atomic mass is 10.2. The Kier molecular flexibility index (Phi) is 11.4. The molecule has 0 bridgehead atoms. The Hall–Kier alpha value is -2.38. The average Bonchev–Trinajstić information content (AvgIpc) is 3.06. The lowest BCUT2D eigenvalue weighted by Crippen LogP contribution is -2.35. The van der Waals surface area contributed by atoms with Crippen molar-refractivity contribution in [3.05, 3.63) is 54.1 Å². The van der Waals surface area contributed by atoms with Crippen LogP contribution >= 0.6 is 0 Å². The molecule has 2 aromatic rings. The maximum absolute atomic E-state index is 13.0. The van der Waals surface area contributed by atoms with Crippen molar-refractivity contribution in [1.82, 2.24) is 4.90 Å². The minimum Gasteiger partial charge on any atom is -0.494 e. The third-order valence-electron chi connectivity index (χ3n) is 4.94. The van der Waals surface area contributed by atoms with Crippen LogP contribution in [-0.2, 0) is 10.8 Å². The number of carbonyl (C=O) groups excluding carboxylic acids is 1. The number of carbonyl (C=O) groups is 1. The van der Waals surface area contributed by atoms with Crippen molar-refractivity contribution in [2.24, 2.45) is 11.7 Å². The van der Waals surface area contributed by atoms with Crippen molar-refractivity contribution >= 4 is 22.4 Å². The number of rotatable bonds is 7. The summed E-state index contributed by atoms with van der Waals surface area (Å²) in [5, 5.41) is 0. The Morgan fingerprint density at radius 1 is 1.06 bits per heavy atom. The summed E-state index contributed by atoms with van der Waals surface area (Å²) in [5.41, 5.74) is 7.23. The molecule has 1 unspecified atom stereocenters. The third-order valence-corrected chi connectivity index (χ3v) is 6.33. The summed E-state index contributed by atoms with van der Waals surface area (Å²) in [6.45, 7) is 12.5. The highest BCUT2D eigenvalue weighted by atomic mass is 32.2. The summed E-state index contributed by atoms with van der Waals surface area (Å²) in [6, 6.07) is 15.2. The van der Waals surface area contributed by atoms with Gasteiger partial charge in [-0.1, -0.05) is 26.8 Å². The van der Waals surface area contributed by atoms with Crippen LogP contribution in [0.25, 0.3) is 0 Å². The van der Waals surface area contributed by atoms with E-state index in [2.05, 4.69) is 37.8 Å². The van der Waals surface area contributed by atoms with Gasteiger partial charge in [-0.05, 0) is 61.7 Å². The predicted molar refractivity (Wildman–Crippen MR) is 138 cm³/mol. The summed E-state index contributed by atoms with van der Waals surface area (Å²) in [7, 11) is -1.17. The van der Waals surface area contributed by atoms with Crippen molar-refractivity contribution in [3.8, 4) is 5.75 Å². The van der Waals surface area contributed by atoms with Gasteiger partial charge in [-0.25, -0.2) is 0 Å². The summed E-state index contributed by atoms with van der Waals surface area (Å²) in [6.07, 6.45) is 0.901. The SMILES string of the molecule is CC(C)C.CCOc1ccc(N2CCCN(C(=O)c3cccc(S(=O)CCN)c3)CC2)cc1. The van der Waals surface area contributed by atoms with E-state index < -0.39 is 10.8 Å². The van der Waals surface area contributed by atoms with E-state index in [1.165, 1.54) is 0 Å². The summed E-state index contributed by atoms with van der Waals surface area (Å²) >= 11 is 0. The first-order chi connectivity index (χ1) is 15.8. The van der Waals surface area contributed by atoms with E-state index in [4.69, 9.17) is 10.5 Å². The molecule has 33 heavy (non-hydrogen) atoms. The van der Waals surface area contributed by atoms with Gasteiger partial charge < -0.3 is 20.3 Å². The minimum atomic E-state index is -1.17. The number of nitrogens with two attached hydrogens (primary N) is 1. The minimum absolute atomic E-state index is 0.00913. The molecule has 2 N–H and O–H groups in total. The van der Waals surface area contributed by atoms with E-state index in [0.717, 1.165) is 36.9 Å². The quantitative estimate of drug-likeness (QED) is 0.653. The molecule has 1 saturated heterocycles. The topological polar surface area (TPSA) is 75.9 Å². The number of anilines is 1. The smallest absolute Gasteiger partial charge is 0.253 e. The fraction of sp³-hybridized carbons (Fsp3) is 0.500. The molecule has 1 aliphatic heterocycles. The molecule has 1 fully saturated rings. The van der Waals surface area contributed by atoms with E-state index in [1.54, 1.807) is 24.3 Å². The Bertz CT molecular complexity index is 884. The molecule has 1 heterocycles. The molecular formula is C26H39N3O3S. The molecule has 2 aromatic carbocycles. The molecule has 0 spiro atoms. The van der Waals surface area contributed by atoms with E-state index in [1.807, 2.05) is 24.0 Å². The molecular weight excluding hydrogens is 434 g/mol. The standard InChI is InChI=1S/C22H29N3O3S.C4H10/c1-2-28-20-9-7-19(8-10-20)24-12-4-13-25(15-14-24)22(26)18-5-3-6-21(17-18)29(27)16-11-23;1-4(2)3/h3,5-10,17H,2,4,11-16,23H2,1H3;4H,1-3H3. The summed E-state index contributed by atoms with van der Waals surface area (Å²) in [5.74, 6) is 2.10. The van der Waals surface area contributed by atoms with E-state index in [-0.39, 0.29) is 5.91 Å². The largest absolute Gasteiger partial charge is 0.494 e. The Morgan fingerprint density at radius 2 is 1.76 bits per heavy atom. The van der Waals surface area contributed by atoms with Crippen molar-refractivity contribution < 1.29 is 13.7 Å². The highest BCUT2D eigenvalue weighted by Gasteiger charge is 2.21. The van der Waals surface area contributed by atoms with Gasteiger partial charge in [0.1, 0.15) is 5.75 Å². The molecule has 1 aliphatic rings. The van der Waals surface area contributed by atoms with Crippen LogP contribution in [0.5, 0.6) is 5.75 Å². The Balaban J connectivity index is 0.000000890. The molecule has 0 aliphatic carbocycles. The zero-order chi connectivity index (χ0) is 24.2. The van der Waals surface area contributed by atoms with Crippen LogP contribution in [-0.4, -0.2) is 60.1 Å². The van der Waals surface area contributed by atoms with Crippen LogP contribution in [0.4, 0.5) is 5.69 Å². The molecule has 1 atom stereocenters. The van der Waals surface area contributed by atoms with Gasteiger partial charge in [0.2, 0.25) is 0 Å². The second kappa shape index (κ2) is 14.0. The fourth-order valence-corrected chi connectivity index (χ4v) is 4.42. The average molecular weight is 474 g/mol. The van der Waals surface area contributed by atoms with Crippen LogP contribution in [0.2, 0.25) is 0 Å². The maximum Gasteiger partial charge on any atom is 0.253 e. The van der Waals surface area contributed by atoms with Crippen LogP contribution in [0, 0.1) is 5.92 Å². The van der Waals surface area contributed by atoms with Gasteiger partial charge >= 0.3 is 0 Å². The van der Waals surface area contributed by atoms with E-state index in [9.17, 15) is 9.00 Å². The van der Waals surface area contributed by atoms with E-state index >= 15 is 0 Å². The zero-order valence-corrected chi connectivity index (χ0v) is 21.3. The summed E-state index contributed by atoms with van der Waals surface area (Å²) < 4.78 is 17.7. The van der Waals surface area contributed by atoms with Crippen LogP contribution in [0.15, 0.2) is 53.4 Å². The Morgan fingerprint density at radius 3 is 2.39 bits per heavy atom. The van der Waals surface area contributed by atoms with Crippen molar-refractivity contribution in [3.63, 3.8) is 0 Å². The molecule has 0 radical (unpaired) electrons. The summed E-state index contributed by atoms with van der Waals surface area (Å²) in [4.78, 5) is 17.9. The number of hydrogen-bond donors (Lipinski definition) is 1. The van der Waals surface area contributed by atoms with Crippen LogP contribution < -0.4 is 15.4 Å². The molecule has 1 amide bonds. The monoisotopic (exact) mass is 473 g/mol. The van der Waals surface area contributed by atoms with Crippen molar-refractivity contribution in [2.45, 2.75) is 39.0 Å². The van der Waals surface area contributed by atoms with Gasteiger partial charge in [-0.3, -0.25) is 9.00 Å².